The van der Waals surface area contributed by atoms with Crippen LogP contribution in [0.5, 0.6) is 0 Å². The molecular formula is C24H27N5O3S. The summed E-state index contributed by atoms with van der Waals surface area (Å²) in [5.74, 6) is 0.571. The van der Waals surface area contributed by atoms with E-state index in [9.17, 15) is 8.42 Å². The van der Waals surface area contributed by atoms with Gasteiger partial charge in [-0.2, -0.15) is 0 Å². The number of ether oxygens (including phenoxy) is 1. The van der Waals surface area contributed by atoms with Crippen molar-refractivity contribution < 1.29 is 13.2 Å². The zero-order valence-electron chi connectivity index (χ0n) is 18.9. The molecule has 1 saturated heterocycles. The second kappa shape index (κ2) is 7.58. The summed E-state index contributed by atoms with van der Waals surface area (Å²) in [7, 11) is -3.33. The molecule has 4 heterocycles. The molecule has 0 saturated carbocycles. The molecule has 0 radical (unpaired) electrons. The van der Waals surface area contributed by atoms with Gasteiger partial charge in [-0.1, -0.05) is 13.0 Å². The smallest absolute Gasteiger partial charge is 0.229 e. The molecule has 0 amide bonds. The Morgan fingerprint density at radius 1 is 1.12 bits per heavy atom. The summed E-state index contributed by atoms with van der Waals surface area (Å²) in [5, 5.41) is 0. The fraction of sp³-hybridized carbons (Fsp3) is 0.375. The number of sulfone groups is 1. The van der Waals surface area contributed by atoms with Crippen LogP contribution < -0.4 is 10.6 Å². The third-order valence-electron chi connectivity index (χ3n) is 6.47. The van der Waals surface area contributed by atoms with Gasteiger partial charge in [0, 0.05) is 41.9 Å². The molecule has 2 aliphatic heterocycles. The standard InChI is InChI=1S/C24H27N5O3S/c1-4-33(30,31)18-5-6-19-21(10-18)29(13-24(19)14-32-15-24)22-27-11-16(12-28-22)20-9-17(7-8-26-20)23(2,3)25/h5-12H,4,13-15,25H2,1-3H3. The van der Waals surface area contributed by atoms with Gasteiger partial charge in [0.15, 0.2) is 9.84 Å². The lowest BCUT2D eigenvalue weighted by atomic mass is 9.81. The van der Waals surface area contributed by atoms with Crippen LogP contribution in [-0.2, 0) is 25.5 Å². The third-order valence-corrected chi connectivity index (χ3v) is 8.20. The van der Waals surface area contributed by atoms with Crippen molar-refractivity contribution in [3.63, 3.8) is 0 Å². The Kier molecular flexibility index (Phi) is 5.04. The van der Waals surface area contributed by atoms with E-state index in [1.807, 2.05) is 36.9 Å². The van der Waals surface area contributed by atoms with Gasteiger partial charge in [-0.05, 0) is 49.2 Å². The largest absolute Gasteiger partial charge is 0.379 e. The van der Waals surface area contributed by atoms with Crippen LogP contribution in [0.1, 0.15) is 31.9 Å². The van der Waals surface area contributed by atoms with Gasteiger partial charge in [0.1, 0.15) is 0 Å². The van der Waals surface area contributed by atoms with Crippen LogP contribution in [0.25, 0.3) is 11.3 Å². The van der Waals surface area contributed by atoms with E-state index in [0.717, 1.165) is 28.1 Å². The van der Waals surface area contributed by atoms with Crippen molar-refractivity contribution in [2.75, 3.05) is 30.4 Å². The highest BCUT2D eigenvalue weighted by atomic mass is 32.2. The Hall–Kier alpha value is -2.88. The normalized spacial score (nSPS) is 17.2. The molecule has 0 bridgehead atoms. The van der Waals surface area contributed by atoms with E-state index in [4.69, 9.17) is 10.5 Å². The van der Waals surface area contributed by atoms with Crippen molar-refractivity contribution in [1.29, 1.82) is 0 Å². The molecule has 33 heavy (non-hydrogen) atoms. The first-order valence-electron chi connectivity index (χ1n) is 10.9. The second-order valence-electron chi connectivity index (χ2n) is 9.36. The number of pyridine rings is 1. The van der Waals surface area contributed by atoms with Gasteiger partial charge in [-0.15, -0.1) is 0 Å². The van der Waals surface area contributed by atoms with Crippen molar-refractivity contribution >= 4 is 21.5 Å². The molecule has 2 aromatic heterocycles. The van der Waals surface area contributed by atoms with Crippen LogP contribution in [0.2, 0.25) is 0 Å². The lowest BCUT2D eigenvalue weighted by Gasteiger charge is -2.38. The summed E-state index contributed by atoms with van der Waals surface area (Å²) < 4.78 is 30.5. The Bertz CT molecular complexity index is 1310. The van der Waals surface area contributed by atoms with Crippen molar-refractivity contribution in [2.45, 2.75) is 36.6 Å². The quantitative estimate of drug-likeness (QED) is 0.612. The average molecular weight is 466 g/mol. The van der Waals surface area contributed by atoms with Gasteiger partial charge < -0.3 is 15.4 Å². The van der Waals surface area contributed by atoms with E-state index in [2.05, 4.69) is 15.0 Å². The predicted octanol–water partition coefficient (Wildman–Crippen LogP) is 2.95. The summed E-state index contributed by atoms with van der Waals surface area (Å²) in [5.41, 5.74) is 10.0. The number of anilines is 2. The number of benzene rings is 1. The van der Waals surface area contributed by atoms with Gasteiger partial charge in [0.05, 0.1) is 35.0 Å². The van der Waals surface area contributed by atoms with Gasteiger partial charge >= 0.3 is 0 Å². The highest BCUT2D eigenvalue weighted by Crippen LogP contribution is 2.48. The average Bonchev–Trinajstić information content (AvgIpc) is 3.14. The summed E-state index contributed by atoms with van der Waals surface area (Å²) >= 11 is 0. The van der Waals surface area contributed by atoms with E-state index in [1.54, 1.807) is 37.6 Å². The van der Waals surface area contributed by atoms with Crippen LogP contribution >= 0.6 is 0 Å². The summed E-state index contributed by atoms with van der Waals surface area (Å²) in [6.45, 7) is 7.39. The van der Waals surface area contributed by atoms with Gasteiger partial charge in [0.25, 0.3) is 0 Å². The molecule has 8 nitrogen and oxygen atoms in total. The molecule has 1 aromatic carbocycles. The minimum Gasteiger partial charge on any atom is -0.379 e. The van der Waals surface area contributed by atoms with Crippen molar-refractivity contribution in [1.82, 2.24) is 15.0 Å². The van der Waals surface area contributed by atoms with Crippen molar-refractivity contribution in [3.05, 3.63) is 60.0 Å². The molecule has 1 spiro atoms. The summed E-state index contributed by atoms with van der Waals surface area (Å²) in [6, 6.07) is 9.21. The van der Waals surface area contributed by atoms with Gasteiger partial charge in [-0.3, -0.25) is 4.98 Å². The number of aromatic nitrogens is 3. The molecular weight excluding hydrogens is 438 g/mol. The summed E-state index contributed by atoms with van der Waals surface area (Å²) in [6.07, 6.45) is 5.22. The monoisotopic (exact) mass is 465 g/mol. The Labute approximate surface area is 193 Å². The van der Waals surface area contributed by atoms with Crippen molar-refractivity contribution in [3.8, 4) is 11.3 Å². The minimum atomic E-state index is -3.33. The Balaban J connectivity index is 1.52. The predicted molar refractivity (Wildman–Crippen MR) is 126 cm³/mol. The Morgan fingerprint density at radius 2 is 1.85 bits per heavy atom. The first-order chi connectivity index (χ1) is 15.6. The van der Waals surface area contributed by atoms with Crippen LogP contribution in [0.15, 0.2) is 53.8 Å². The van der Waals surface area contributed by atoms with E-state index in [0.29, 0.717) is 30.6 Å². The minimum absolute atomic E-state index is 0.0525. The maximum atomic E-state index is 12.5. The van der Waals surface area contributed by atoms with Gasteiger partial charge in [-0.25, -0.2) is 18.4 Å². The molecule has 2 aliphatic rings. The van der Waals surface area contributed by atoms with Crippen LogP contribution in [0, 0.1) is 0 Å². The summed E-state index contributed by atoms with van der Waals surface area (Å²) in [4.78, 5) is 16.0. The number of nitrogens with two attached hydrogens (primary N) is 1. The molecule has 0 unspecified atom stereocenters. The van der Waals surface area contributed by atoms with Crippen LogP contribution in [0.3, 0.4) is 0 Å². The zero-order chi connectivity index (χ0) is 23.4. The van der Waals surface area contributed by atoms with E-state index >= 15 is 0 Å². The Morgan fingerprint density at radius 3 is 2.45 bits per heavy atom. The SMILES string of the molecule is CCS(=O)(=O)c1ccc2c(c1)N(c1ncc(-c3cc(C(C)(C)N)ccn3)cn1)CC21COC1. The topological polar surface area (TPSA) is 111 Å². The van der Waals surface area contributed by atoms with E-state index < -0.39 is 15.4 Å². The van der Waals surface area contributed by atoms with E-state index in [-0.39, 0.29) is 11.2 Å². The maximum Gasteiger partial charge on any atom is 0.229 e. The van der Waals surface area contributed by atoms with E-state index in [1.165, 1.54) is 0 Å². The molecule has 0 atom stereocenters. The molecule has 2 N–H and O–H groups in total. The first-order valence-corrected chi connectivity index (χ1v) is 12.6. The first kappa shape index (κ1) is 21.9. The number of fused-ring (bicyclic) bond motifs is 2. The maximum absolute atomic E-state index is 12.5. The second-order valence-corrected chi connectivity index (χ2v) is 11.6. The number of hydrogen-bond acceptors (Lipinski definition) is 8. The zero-order valence-corrected chi connectivity index (χ0v) is 19.8. The highest BCUT2D eigenvalue weighted by Gasteiger charge is 2.49. The molecule has 9 heteroatoms. The molecule has 5 rings (SSSR count). The lowest BCUT2D eigenvalue weighted by molar-refractivity contribution is -0.0507. The highest BCUT2D eigenvalue weighted by molar-refractivity contribution is 7.91. The molecule has 0 aliphatic carbocycles. The van der Waals surface area contributed by atoms with Crippen LogP contribution in [0.4, 0.5) is 11.6 Å². The molecule has 3 aromatic rings. The third kappa shape index (κ3) is 3.70. The fourth-order valence-electron chi connectivity index (χ4n) is 4.37. The van der Waals surface area contributed by atoms with Crippen LogP contribution in [-0.4, -0.2) is 48.9 Å². The number of nitrogens with zero attached hydrogens (tertiary/aromatic N) is 4. The fourth-order valence-corrected chi connectivity index (χ4v) is 5.27. The molecule has 172 valence electrons. The van der Waals surface area contributed by atoms with Crippen molar-refractivity contribution in [2.24, 2.45) is 5.73 Å². The lowest BCUT2D eigenvalue weighted by Crippen LogP contribution is -2.49. The number of hydrogen-bond donors (Lipinski definition) is 1. The molecule has 1 fully saturated rings. The van der Waals surface area contributed by atoms with Gasteiger partial charge in [0.2, 0.25) is 5.95 Å². The number of rotatable bonds is 5.